The molecule has 0 aliphatic carbocycles. The van der Waals surface area contributed by atoms with Gasteiger partial charge >= 0.3 is 0 Å². The third-order valence-corrected chi connectivity index (χ3v) is 4.85. The van der Waals surface area contributed by atoms with Gasteiger partial charge < -0.3 is 15.5 Å². The van der Waals surface area contributed by atoms with Gasteiger partial charge in [0.2, 0.25) is 0 Å². The van der Waals surface area contributed by atoms with Crippen LogP contribution in [-0.4, -0.2) is 53.7 Å². The van der Waals surface area contributed by atoms with Crippen molar-refractivity contribution in [2.75, 3.05) is 27.2 Å². The third-order valence-electron chi connectivity index (χ3n) is 4.85. The molecule has 1 heterocycles. The number of amides is 1. The maximum Gasteiger partial charge on any atom is 0.251 e. The summed E-state index contributed by atoms with van der Waals surface area (Å²) in [6.45, 7) is 4.18. The topological polar surface area (TPSA) is 74.6 Å². The summed E-state index contributed by atoms with van der Waals surface area (Å²) in [5.41, 5.74) is 3.90. The summed E-state index contributed by atoms with van der Waals surface area (Å²) in [6, 6.07) is 17.7. The van der Waals surface area contributed by atoms with Crippen LogP contribution in [0.5, 0.6) is 0 Å². The van der Waals surface area contributed by atoms with E-state index in [4.69, 9.17) is 4.99 Å². The molecule has 2 N–H and O–H groups in total. The van der Waals surface area contributed by atoms with Crippen molar-refractivity contribution >= 4 is 35.8 Å². The fraction of sp³-hybridized carbons (Fsp3) is 0.292. The van der Waals surface area contributed by atoms with Crippen LogP contribution in [0.2, 0.25) is 0 Å². The first-order valence-corrected chi connectivity index (χ1v) is 10.5. The smallest absolute Gasteiger partial charge is 0.251 e. The number of hydrogen-bond acceptors (Lipinski definition) is 3. The molecule has 0 atom stereocenters. The minimum absolute atomic E-state index is 0. The Hall–Kier alpha value is -2.88. The summed E-state index contributed by atoms with van der Waals surface area (Å²) in [6.07, 6.45) is 4.69. The van der Waals surface area contributed by atoms with Crippen LogP contribution in [0.3, 0.4) is 0 Å². The molecular weight excluding hydrogens is 515 g/mol. The van der Waals surface area contributed by atoms with E-state index < -0.39 is 0 Å². The SMILES string of the molecule is CCNC(=NCCc1cccc(C(=O)NC)c1)N(C)Cc1cnn(-c2ccccc2)c1.I. The van der Waals surface area contributed by atoms with Gasteiger partial charge in [-0.1, -0.05) is 30.3 Å². The average Bonchev–Trinajstić information content (AvgIpc) is 3.27. The van der Waals surface area contributed by atoms with Gasteiger partial charge in [0.1, 0.15) is 0 Å². The summed E-state index contributed by atoms with van der Waals surface area (Å²) >= 11 is 0. The Morgan fingerprint density at radius 2 is 1.91 bits per heavy atom. The molecule has 0 aliphatic heterocycles. The number of carbonyl (C=O) groups excluding carboxylic acids is 1. The van der Waals surface area contributed by atoms with Gasteiger partial charge in [0.15, 0.2) is 5.96 Å². The Morgan fingerprint density at radius 3 is 2.62 bits per heavy atom. The fourth-order valence-electron chi connectivity index (χ4n) is 3.29. The van der Waals surface area contributed by atoms with Crippen molar-refractivity contribution in [3.05, 3.63) is 83.7 Å². The van der Waals surface area contributed by atoms with Gasteiger partial charge in [-0.2, -0.15) is 5.10 Å². The number of para-hydroxylation sites is 1. The maximum atomic E-state index is 11.8. The van der Waals surface area contributed by atoms with Crippen LogP contribution in [0.25, 0.3) is 5.69 Å². The minimum atomic E-state index is -0.0746. The van der Waals surface area contributed by atoms with E-state index in [1.165, 1.54) is 0 Å². The molecule has 0 radical (unpaired) electrons. The van der Waals surface area contributed by atoms with Gasteiger partial charge in [0.25, 0.3) is 5.91 Å². The number of benzene rings is 2. The first kappa shape index (κ1) is 25.4. The molecule has 1 amide bonds. The van der Waals surface area contributed by atoms with Crippen molar-refractivity contribution in [2.24, 2.45) is 4.99 Å². The van der Waals surface area contributed by atoms with Gasteiger partial charge in [0, 0.05) is 51.1 Å². The summed E-state index contributed by atoms with van der Waals surface area (Å²) in [5.74, 6) is 0.770. The van der Waals surface area contributed by atoms with Crippen molar-refractivity contribution in [1.29, 1.82) is 0 Å². The molecule has 1 aromatic heterocycles. The van der Waals surface area contributed by atoms with Gasteiger partial charge in [-0.3, -0.25) is 9.79 Å². The van der Waals surface area contributed by atoms with Crippen molar-refractivity contribution in [3.8, 4) is 5.69 Å². The van der Waals surface area contributed by atoms with E-state index in [-0.39, 0.29) is 29.9 Å². The molecule has 0 bridgehead atoms. The zero-order valence-corrected chi connectivity index (χ0v) is 21.1. The first-order valence-electron chi connectivity index (χ1n) is 10.5. The number of nitrogens with one attached hydrogen (secondary N) is 2. The van der Waals surface area contributed by atoms with Crippen LogP contribution >= 0.6 is 24.0 Å². The third kappa shape index (κ3) is 7.08. The summed E-state index contributed by atoms with van der Waals surface area (Å²) in [7, 11) is 3.66. The highest BCUT2D eigenvalue weighted by Gasteiger charge is 2.09. The predicted molar refractivity (Wildman–Crippen MR) is 140 cm³/mol. The molecule has 32 heavy (non-hydrogen) atoms. The number of halogens is 1. The lowest BCUT2D eigenvalue weighted by Gasteiger charge is -2.21. The lowest BCUT2D eigenvalue weighted by Crippen LogP contribution is -2.38. The summed E-state index contributed by atoms with van der Waals surface area (Å²) in [5, 5.41) is 10.5. The van der Waals surface area contributed by atoms with E-state index in [1.807, 2.05) is 78.7 Å². The van der Waals surface area contributed by atoms with Crippen LogP contribution in [0.15, 0.2) is 72.0 Å². The molecule has 0 aliphatic rings. The Bertz CT molecular complexity index is 1020. The highest BCUT2D eigenvalue weighted by atomic mass is 127. The van der Waals surface area contributed by atoms with Crippen molar-refractivity contribution in [1.82, 2.24) is 25.3 Å². The minimum Gasteiger partial charge on any atom is -0.357 e. The number of hydrogen-bond donors (Lipinski definition) is 2. The molecule has 8 heteroatoms. The monoisotopic (exact) mass is 546 g/mol. The van der Waals surface area contributed by atoms with Crippen LogP contribution < -0.4 is 10.6 Å². The second-order valence-corrected chi connectivity index (χ2v) is 7.25. The number of nitrogens with zero attached hydrogens (tertiary/aromatic N) is 4. The quantitative estimate of drug-likeness (QED) is 0.258. The van der Waals surface area contributed by atoms with E-state index in [1.54, 1.807) is 7.05 Å². The molecule has 3 rings (SSSR count). The first-order chi connectivity index (χ1) is 15.1. The van der Waals surface area contributed by atoms with E-state index in [2.05, 4.69) is 27.6 Å². The van der Waals surface area contributed by atoms with E-state index in [0.29, 0.717) is 18.7 Å². The molecule has 170 valence electrons. The number of aromatic nitrogens is 2. The Balaban J connectivity index is 0.00000363. The Morgan fingerprint density at radius 1 is 1.12 bits per heavy atom. The number of aliphatic imine (C=N–C) groups is 1. The Kier molecular flexibility index (Phi) is 10.2. The molecule has 7 nitrogen and oxygen atoms in total. The molecule has 0 saturated heterocycles. The standard InChI is InChI=1S/C24H30N6O.HI/c1-4-26-24(27-14-13-19-9-8-10-21(15-19)23(31)25-2)29(3)17-20-16-28-30(18-20)22-11-6-5-7-12-22;/h5-12,15-16,18H,4,13-14,17H2,1-3H3,(H,25,31)(H,26,27);1H. The predicted octanol–water partition coefficient (Wildman–Crippen LogP) is 3.49. The molecule has 0 fully saturated rings. The normalized spacial score (nSPS) is 10.9. The zero-order chi connectivity index (χ0) is 22.1. The lowest BCUT2D eigenvalue weighted by atomic mass is 10.1. The average molecular weight is 546 g/mol. The van der Waals surface area contributed by atoms with Crippen molar-refractivity contribution in [3.63, 3.8) is 0 Å². The summed E-state index contributed by atoms with van der Waals surface area (Å²) < 4.78 is 1.88. The second kappa shape index (κ2) is 12.8. The van der Waals surface area contributed by atoms with Gasteiger partial charge in [0.05, 0.1) is 11.9 Å². The maximum absolute atomic E-state index is 11.8. The van der Waals surface area contributed by atoms with Gasteiger partial charge in [-0.15, -0.1) is 24.0 Å². The Labute approximate surface area is 206 Å². The van der Waals surface area contributed by atoms with E-state index in [0.717, 1.165) is 35.7 Å². The number of guanidine groups is 1. The molecule has 0 saturated carbocycles. The molecular formula is C24H31IN6O. The van der Waals surface area contributed by atoms with Crippen LogP contribution in [-0.2, 0) is 13.0 Å². The van der Waals surface area contributed by atoms with Crippen LogP contribution in [0, 0.1) is 0 Å². The van der Waals surface area contributed by atoms with Crippen LogP contribution in [0.1, 0.15) is 28.4 Å². The van der Waals surface area contributed by atoms with Crippen molar-refractivity contribution in [2.45, 2.75) is 19.9 Å². The van der Waals surface area contributed by atoms with Crippen LogP contribution in [0.4, 0.5) is 0 Å². The van der Waals surface area contributed by atoms with Gasteiger partial charge in [-0.25, -0.2) is 4.68 Å². The van der Waals surface area contributed by atoms with Crippen molar-refractivity contribution < 1.29 is 4.79 Å². The zero-order valence-electron chi connectivity index (χ0n) is 18.8. The van der Waals surface area contributed by atoms with E-state index >= 15 is 0 Å². The van der Waals surface area contributed by atoms with Gasteiger partial charge in [-0.05, 0) is 43.2 Å². The highest BCUT2D eigenvalue weighted by Crippen LogP contribution is 2.10. The lowest BCUT2D eigenvalue weighted by molar-refractivity contribution is 0.0963. The fourth-order valence-corrected chi connectivity index (χ4v) is 3.29. The largest absolute Gasteiger partial charge is 0.357 e. The summed E-state index contributed by atoms with van der Waals surface area (Å²) in [4.78, 5) is 18.7. The molecule has 3 aromatic rings. The number of carbonyl (C=O) groups is 1. The molecule has 0 spiro atoms. The highest BCUT2D eigenvalue weighted by molar-refractivity contribution is 14.0. The molecule has 2 aromatic carbocycles. The second-order valence-electron chi connectivity index (χ2n) is 7.25. The molecule has 0 unspecified atom stereocenters. The van der Waals surface area contributed by atoms with E-state index in [9.17, 15) is 4.79 Å². The number of rotatable bonds is 8.